The third-order valence-corrected chi connectivity index (χ3v) is 4.29. The Morgan fingerprint density at radius 1 is 1.30 bits per heavy atom. The van der Waals surface area contributed by atoms with Crippen LogP contribution in [0.2, 0.25) is 0 Å². The topological polar surface area (TPSA) is 29.9 Å². The van der Waals surface area contributed by atoms with Gasteiger partial charge < -0.3 is 9.88 Å². The number of aryl methyl sites for hydroxylation is 1. The monoisotopic (exact) mass is 271 g/mol. The first-order valence-electron chi connectivity index (χ1n) is 7.99. The van der Waals surface area contributed by atoms with Gasteiger partial charge in [-0.2, -0.15) is 0 Å². The first-order valence-corrected chi connectivity index (χ1v) is 7.99. The van der Waals surface area contributed by atoms with Gasteiger partial charge in [-0.25, -0.2) is 4.98 Å². The Balaban J connectivity index is 1.83. The van der Waals surface area contributed by atoms with Crippen LogP contribution in [-0.2, 0) is 13.0 Å². The molecule has 108 valence electrons. The van der Waals surface area contributed by atoms with E-state index in [0.717, 1.165) is 30.9 Å². The molecule has 3 rings (SSSR count). The third-order valence-electron chi connectivity index (χ3n) is 4.29. The van der Waals surface area contributed by atoms with E-state index in [1.165, 1.54) is 30.6 Å². The van der Waals surface area contributed by atoms with E-state index in [1.54, 1.807) is 0 Å². The van der Waals surface area contributed by atoms with Crippen molar-refractivity contribution in [2.45, 2.75) is 52.1 Å². The SMILES string of the molecule is CCNC(Cc1nc2ccccc2n1CC)CC1CC1. The Bertz CT molecular complexity index is 569. The molecule has 3 nitrogen and oxygen atoms in total. The van der Waals surface area contributed by atoms with Gasteiger partial charge in [-0.3, -0.25) is 0 Å². The highest BCUT2D eigenvalue weighted by Crippen LogP contribution is 2.34. The zero-order valence-electron chi connectivity index (χ0n) is 12.6. The van der Waals surface area contributed by atoms with Crippen molar-refractivity contribution in [3.63, 3.8) is 0 Å². The third kappa shape index (κ3) is 2.88. The van der Waals surface area contributed by atoms with Crippen LogP contribution >= 0.6 is 0 Å². The van der Waals surface area contributed by atoms with Gasteiger partial charge in [0.25, 0.3) is 0 Å². The molecule has 3 heteroatoms. The van der Waals surface area contributed by atoms with Crippen LogP contribution in [0.3, 0.4) is 0 Å². The van der Waals surface area contributed by atoms with E-state index >= 15 is 0 Å². The van der Waals surface area contributed by atoms with Gasteiger partial charge in [0.2, 0.25) is 0 Å². The molecule has 0 spiro atoms. The van der Waals surface area contributed by atoms with Crippen LogP contribution < -0.4 is 5.32 Å². The number of fused-ring (bicyclic) bond motifs is 1. The van der Waals surface area contributed by atoms with Gasteiger partial charge in [-0.1, -0.05) is 31.9 Å². The molecule has 1 atom stereocenters. The average molecular weight is 271 g/mol. The second kappa shape index (κ2) is 5.96. The normalized spacial score (nSPS) is 16.7. The minimum atomic E-state index is 0.578. The van der Waals surface area contributed by atoms with E-state index in [1.807, 2.05) is 0 Å². The average Bonchev–Trinajstić information content (AvgIpc) is 3.19. The van der Waals surface area contributed by atoms with Crippen molar-refractivity contribution >= 4 is 11.0 Å². The summed E-state index contributed by atoms with van der Waals surface area (Å²) in [7, 11) is 0. The predicted octanol–water partition coefficient (Wildman–Crippen LogP) is 3.38. The zero-order valence-corrected chi connectivity index (χ0v) is 12.6. The molecular formula is C17H25N3. The molecule has 1 aliphatic rings. The number of hydrogen-bond acceptors (Lipinski definition) is 2. The summed E-state index contributed by atoms with van der Waals surface area (Å²) in [5.74, 6) is 2.19. The summed E-state index contributed by atoms with van der Waals surface area (Å²) in [5, 5.41) is 3.64. The highest BCUT2D eigenvalue weighted by Gasteiger charge is 2.26. The van der Waals surface area contributed by atoms with E-state index in [2.05, 4.69) is 48.0 Å². The molecule has 2 aromatic rings. The first kappa shape index (κ1) is 13.6. The lowest BCUT2D eigenvalue weighted by Gasteiger charge is -2.18. The van der Waals surface area contributed by atoms with E-state index in [0.29, 0.717) is 6.04 Å². The molecule has 1 unspecified atom stereocenters. The number of hydrogen-bond donors (Lipinski definition) is 1. The smallest absolute Gasteiger partial charge is 0.111 e. The number of para-hydroxylation sites is 2. The molecule has 0 saturated heterocycles. The summed E-state index contributed by atoms with van der Waals surface area (Å²) in [6.45, 7) is 6.45. The van der Waals surface area contributed by atoms with Crippen molar-refractivity contribution in [3.8, 4) is 0 Å². The Hall–Kier alpha value is -1.35. The molecule has 1 aliphatic carbocycles. The van der Waals surface area contributed by atoms with Gasteiger partial charge in [0.05, 0.1) is 11.0 Å². The maximum atomic E-state index is 4.86. The molecule has 1 N–H and O–H groups in total. The maximum Gasteiger partial charge on any atom is 0.111 e. The van der Waals surface area contributed by atoms with Crippen LogP contribution in [0.1, 0.15) is 38.9 Å². The molecule has 0 amide bonds. The van der Waals surface area contributed by atoms with Crippen molar-refractivity contribution in [2.24, 2.45) is 5.92 Å². The van der Waals surface area contributed by atoms with Crippen molar-refractivity contribution < 1.29 is 0 Å². The van der Waals surface area contributed by atoms with Gasteiger partial charge in [-0.15, -0.1) is 0 Å². The summed E-state index contributed by atoms with van der Waals surface area (Å²) in [6.07, 6.45) is 5.20. The van der Waals surface area contributed by atoms with E-state index < -0.39 is 0 Å². The minimum absolute atomic E-state index is 0.578. The van der Waals surface area contributed by atoms with Crippen LogP contribution in [0.5, 0.6) is 0 Å². The fourth-order valence-corrected chi connectivity index (χ4v) is 3.14. The largest absolute Gasteiger partial charge is 0.328 e. The highest BCUT2D eigenvalue weighted by molar-refractivity contribution is 5.75. The minimum Gasteiger partial charge on any atom is -0.328 e. The predicted molar refractivity (Wildman–Crippen MR) is 83.9 cm³/mol. The van der Waals surface area contributed by atoms with Gasteiger partial charge in [0.15, 0.2) is 0 Å². The van der Waals surface area contributed by atoms with Crippen molar-refractivity contribution in [1.82, 2.24) is 14.9 Å². The van der Waals surface area contributed by atoms with Crippen LogP contribution in [0.25, 0.3) is 11.0 Å². The quantitative estimate of drug-likeness (QED) is 0.836. The number of benzene rings is 1. The molecule has 1 saturated carbocycles. The van der Waals surface area contributed by atoms with Gasteiger partial charge in [0, 0.05) is 19.0 Å². The Morgan fingerprint density at radius 3 is 2.80 bits per heavy atom. The Morgan fingerprint density at radius 2 is 2.10 bits per heavy atom. The van der Waals surface area contributed by atoms with Crippen LogP contribution in [-0.4, -0.2) is 22.1 Å². The lowest BCUT2D eigenvalue weighted by Crippen LogP contribution is -2.32. The highest BCUT2D eigenvalue weighted by atomic mass is 15.1. The number of nitrogens with zero attached hydrogens (tertiary/aromatic N) is 2. The summed E-state index contributed by atoms with van der Waals surface area (Å²) in [6, 6.07) is 9.05. The fourth-order valence-electron chi connectivity index (χ4n) is 3.14. The first-order chi connectivity index (χ1) is 9.81. The summed E-state index contributed by atoms with van der Waals surface area (Å²) in [4.78, 5) is 4.86. The summed E-state index contributed by atoms with van der Waals surface area (Å²) >= 11 is 0. The van der Waals surface area contributed by atoms with Crippen LogP contribution in [0, 0.1) is 5.92 Å². The molecule has 1 heterocycles. The Labute approximate surface area is 121 Å². The van der Waals surface area contributed by atoms with Gasteiger partial charge >= 0.3 is 0 Å². The van der Waals surface area contributed by atoms with Gasteiger partial charge in [-0.05, 0) is 37.9 Å². The van der Waals surface area contributed by atoms with Gasteiger partial charge in [0.1, 0.15) is 5.82 Å². The lowest BCUT2D eigenvalue weighted by molar-refractivity contribution is 0.452. The van der Waals surface area contributed by atoms with Crippen molar-refractivity contribution in [3.05, 3.63) is 30.1 Å². The lowest BCUT2D eigenvalue weighted by atomic mass is 10.1. The number of nitrogens with one attached hydrogen (secondary N) is 1. The molecule has 1 aromatic heterocycles. The molecule has 0 radical (unpaired) electrons. The zero-order chi connectivity index (χ0) is 13.9. The van der Waals surface area contributed by atoms with E-state index in [9.17, 15) is 0 Å². The standard InChI is InChI=1S/C17H25N3/c1-3-18-14(11-13-9-10-13)12-17-19-15-7-5-6-8-16(15)20(17)4-2/h5-8,13-14,18H,3-4,9-12H2,1-2H3. The molecule has 1 fully saturated rings. The van der Waals surface area contributed by atoms with Crippen molar-refractivity contribution in [2.75, 3.05) is 6.54 Å². The molecule has 0 aliphatic heterocycles. The summed E-state index contributed by atoms with van der Waals surface area (Å²) in [5.41, 5.74) is 2.40. The Kier molecular flexibility index (Phi) is 4.06. The van der Waals surface area contributed by atoms with Crippen molar-refractivity contribution in [1.29, 1.82) is 0 Å². The fraction of sp³-hybridized carbons (Fsp3) is 0.588. The summed E-state index contributed by atoms with van der Waals surface area (Å²) < 4.78 is 2.37. The number of rotatable bonds is 7. The van der Waals surface area contributed by atoms with Crippen LogP contribution in [0.4, 0.5) is 0 Å². The maximum absolute atomic E-state index is 4.86. The molecule has 1 aromatic carbocycles. The van der Waals surface area contributed by atoms with E-state index in [-0.39, 0.29) is 0 Å². The van der Waals surface area contributed by atoms with E-state index in [4.69, 9.17) is 4.98 Å². The molecule has 20 heavy (non-hydrogen) atoms. The van der Waals surface area contributed by atoms with Crippen LogP contribution in [0.15, 0.2) is 24.3 Å². The number of likely N-dealkylation sites (N-methyl/N-ethyl adjacent to an activating group) is 1. The molecule has 0 bridgehead atoms. The number of imidazole rings is 1. The molecular weight excluding hydrogens is 246 g/mol. The number of aromatic nitrogens is 2. The second-order valence-electron chi connectivity index (χ2n) is 5.90. The second-order valence-corrected chi connectivity index (χ2v) is 5.90.